The van der Waals surface area contributed by atoms with Gasteiger partial charge in [-0.15, -0.1) is 5.10 Å². The van der Waals surface area contributed by atoms with Crippen molar-refractivity contribution in [1.82, 2.24) is 10.9 Å². The summed E-state index contributed by atoms with van der Waals surface area (Å²) in [4.78, 5) is 23.5. The molecule has 1 amide bonds. The van der Waals surface area contributed by atoms with Crippen LogP contribution in [0.25, 0.3) is 11.1 Å². The number of rotatable bonds is 7. The zero-order valence-electron chi connectivity index (χ0n) is 14.9. The highest BCUT2D eigenvalue weighted by Crippen LogP contribution is 2.23. The van der Waals surface area contributed by atoms with Crippen LogP contribution in [0.3, 0.4) is 0 Å². The Balaban J connectivity index is 2.11. The third kappa shape index (κ3) is 6.40. The number of benzene rings is 2. The molecule has 2 aromatic carbocycles. The van der Waals surface area contributed by atoms with Crippen LogP contribution < -0.4 is 22.4 Å². The molecule has 1 atom stereocenters. The SMILES string of the molecule is CC(=O)C[C@@H](Cc1ccc(-c2cccc(Cl)c2)cc1)NC(=O)/C(N)=N/NN. The van der Waals surface area contributed by atoms with Crippen molar-refractivity contribution in [2.75, 3.05) is 0 Å². The van der Waals surface area contributed by atoms with Crippen LogP contribution in [0.4, 0.5) is 0 Å². The number of ketones is 1. The number of hydrogen-bond acceptors (Lipinski definition) is 5. The van der Waals surface area contributed by atoms with Gasteiger partial charge in [-0.3, -0.25) is 9.59 Å². The quantitative estimate of drug-likeness (QED) is 0.249. The number of Topliss-reactive ketones (excluding diaryl/α,β-unsaturated/α-hetero) is 1. The number of carbonyl (C=O) groups is 2. The maximum Gasteiger partial charge on any atom is 0.288 e. The van der Waals surface area contributed by atoms with Crippen molar-refractivity contribution < 1.29 is 9.59 Å². The van der Waals surface area contributed by atoms with Crippen LogP contribution >= 0.6 is 11.6 Å². The van der Waals surface area contributed by atoms with Gasteiger partial charge in [0, 0.05) is 17.5 Å². The van der Waals surface area contributed by atoms with E-state index in [1.54, 1.807) is 0 Å². The van der Waals surface area contributed by atoms with Crippen molar-refractivity contribution in [3.05, 3.63) is 59.1 Å². The summed E-state index contributed by atoms with van der Waals surface area (Å²) in [6.07, 6.45) is 0.662. The molecule has 0 heterocycles. The van der Waals surface area contributed by atoms with Crippen LogP contribution in [0.5, 0.6) is 0 Å². The van der Waals surface area contributed by atoms with Crippen LogP contribution in [-0.4, -0.2) is 23.6 Å². The summed E-state index contributed by atoms with van der Waals surface area (Å²) in [6, 6.07) is 15.0. The Bertz CT molecular complexity index is 836. The maximum atomic E-state index is 12.0. The van der Waals surface area contributed by atoms with Gasteiger partial charge in [0.1, 0.15) is 5.78 Å². The van der Waals surface area contributed by atoms with E-state index in [1.165, 1.54) is 6.92 Å². The van der Waals surface area contributed by atoms with Crippen molar-refractivity contribution in [2.45, 2.75) is 25.8 Å². The molecule has 0 unspecified atom stereocenters. The van der Waals surface area contributed by atoms with Crippen molar-refractivity contribution in [3.63, 3.8) is 0 Å². The second-order valence-corrected chi connectivity index (χ2v) is 6.55. The fourth-order valence-corrected chi connectivity index (χ4v) is 2.88. The number of carbonyl (C=O) groups excluding carboxylic acids is 2. The van der Waals surface area contributed by atoms with Crippen molar-refractivity contribution in [2.24, 2.45) is 16.7 Å². The van der Waals surface area contributed by atoms with E-state index in [4.69, 9.17) is 23.2 Å². The van der Waals surface area contributed by atoms with E-state index in [9.17, 15) is 9.59 Å². The molecule has 0 aromatic heterocycles. The number of hydrazine groups is 1. The first-order valence-electron chi connectivity index (χ1n) is 8.33. The molecule has 8 heteroatoms. The van der Waals surface area contributed by atoms with Crippen LogP contribution in [0, 0.1) is 0 Å². The van der Waals surface area contributed by atoms with Gasteiger partial charge >= 0.3 is 0 Å². The fourth-order valence-electron chi connectivity index (χ4n) is 2.69. The summed E-state index contributed by atoms with van der Waals surface area (Å²) in [5.41, 5.74) is 10.5. The largest absolute Gasteiger partial charge is 0.378 e. The van der Waals surface area contributed by atoms with Gasteiger partial charge in [-0.2, -0.15) is 0 Å². The summed E-state index contributed by atoms with van der Waals surface area (Å²) in [7, 11) is 0. The molecule has 2 rings (SSSR count). The number of hydrogen-bond donors (Lipinski definition) is 4. The lowest BCUT2D eigenvalue weighted by Gasteiger charge is -2.17. The normalized spacial score (nSPS) is 12.3. The molecule has 0 spiro atoms. The summed E-state index contributed by atoms with van der Waals surface area (Å²) >= 11 is 6.04. The van der Waals surface area contributed by atoms with E-state index in [1.807, 2.05) is 54.1 Å². The first kappa shape index (κ1) is 20.4. The number of nitrogens with one attached hydrogen (secondary N) is 2. The molecule has 7 nitrogen and oxygen atoms in total. The average Bonchev–Trinajstić information content (AvgIpc) is 2.62. The van der Waals surface area contributed by atoms with Crippen LogP contribution in [-0.2, 0) is 16.0 Å². The Morgan fingerprint density at radius 3 is 2.44 bits per heavy atom. The molecular weight excluding hydrogens is 366 g/mol. The summed E-state index contributed by atoms with van der Waals surface area (Å²) in [5, 5.41) is 6.81. The smallest absolute Gasteiger partial charge is 0.288 e. The molecular formula is C19H22ClN5O2. The number of nitrogens with zero attached hydrogens (tertiary/aromatic N) is 1. The molecule has 0 fully saturated rings. The van der Waals surface area contributed by atoms with Gasteiger partial charge in [-0.25, -0.2) is 11.4 Å². The summed E-state index contributed by atoms with van der Waals surface area (Å²) in [5.74, 6) is 4.08. The molecule has 0 aliphatic rings. The lowest BCUT2D eigenvalue weighted by Crippen LogP contribution is -2.45. The standard InChI is InChI=1S/C19H22ClN5O2/c1-12(26)9-17(23-19(27)18(21)24-25-22)10-13-5-7-14(8-6-13)15-3-2-4-16(20)11-15/h2-8,11,17,25H,9-10,22H2,1H3,(H2,21,24)(H,23,27)/t17-/m0/s1. The van der Waals surface area contributed by atoms with Gasteiger partial charge in [0.05, 0.1) is 0 Å². The number of nitrogens with two attached hydrogens (primary N) is 2. The van der Waals surface area contributed by atoms with Crippen LogP contribution in [0.2, 0.25) is 5.02 Å². The Kier molecular flexibility index (Phi) is 7.34. The summed E-state index contributed by atoms with van der Waals surface area (Å²) in [6.45, 7) is 1.47. The third-order valence-electron chi connectivity index (χ3n) is 3.88. The number of amidine groups is 1. The van der Waals surface area contributed by atoms with E-state index in [-0.39, 0.29) is 18.0 Å². The highest BCUT2D eigenvalue weighted by Gasteiger charge is 2.17. The van der Waals surface area contributed by atoms with Gasteiger partial charge in [-0.05, 0) is 42.2 Å². The Hall–Kier alpha value is -2.90. The second kappa shape index (κ2) is 9.70. The predicted octanol–water partition coefficient (Wildman–Crippen LogP) is 1.75. The first-order valence-corrected chi connectivity index (χ1v) is 8.70. The highest BCUT2D eigenvalue weighted by atomic mass is 35.5. The van der Waals surface area contributed by atoms with E-state index < -0.39 is 11.9 Å². The molecule has 0 aliphatic heterocycles. The van der Waals surface area contributed by atoms with E-state index in [0.717, 1.165) is 16.7 Å². The molecule has 0 saturated carbocycles. The molecule has 27 heavy (non-hydrogen) atoms. The lowest BCUT2D eigenvalue weighted by atomic mass is 9.98. The average molecular weight is 388 g/mol. The zero-order chi connectivity index (χ0) is 19.8. The van der Waals surface area contributed by atoms with E-state index in [2.05, 4.69) is 10.4 Å². The monoisotopic (exact) mass is 387 g/mol. The summed E-state index contributed by atoms with van der Waals surface area (Å²) < 4.78 is 0. The van der Waals surface area contributed by atoms with Gasteiger partial charge < -0.3 is 11.1 Å². The Labute approximate surface area is 162 Å². The van der Waals surface area contributed by atoms with Gasteiger partial charge in [0.15, 0.2) is 0 Å². The van der Waals surface area contributed by atoms with E-state index >= 15 is 0 Å². The minimum absolute atomic E-state index is 0.0386. The third-order valence-corrected chi connectivity index (χ3v) is 4.12. The highest BCUT2D eigenvalue weighted by molar-refractivity contribution is 6.37. The maximum absolute atomic E-state index is 12.0. The molecule has 0 aliphatic carbocycles. The zero-order valence-corrected chi connectivity index (χ0v) is 15.7. The Morgan fingerprint density at radius 2 is 1.85 bits per heavy atom. The lowest BCUT2D eigenvalue weighted by molar-refractivity contribution is -0.118. The predicted molar refractivity (Wildman–Crippen MR) is 107 cm³/mol. The molecule has 0 radical (unpaired) electrons. The molecule has 0 bridgehead atoms. The minimum atomic E-state index is -0.588. The fraction of sp³-hybridized carbons (Fsp3) is 0.211. The van der Waals surface area contributed by atoms with Gasteiger partial charge in [0.2, 0.25) is 5.84 Å². The topological polar surface area (TPSA) is 123 Å². The van der Waals surface area contributed by atoms with Crippen LogP contribution in [0.1, 0.15) is 18.9 Å². The molecule has 6 N–H and O–H groups in total. The minimum Gasteiger partial charge on any atom is -0.378 e. The van der Waals surface area contributed by atoms with Crippen LogP contribution in [0.15, 0.2) is 53.6 Å². The Morgan fingerprint density at radius 1 is 1.15 bits per heavy atom. The van der Waals surface area contributed by atoms with Crippen molar-refractivity contribution in [1.29, 1.82) is 0 Å². The number of halogens is 1. The molecule has 0 saturated heterocycles. The van der Waals surface area contributed by atoms with Gasteiger partial charge in [-0.1, -0.05) is 48.0 Å². The van der Waals surface area contributed by atoms with Crippen molar-refractivity contribution >= 4 is 29.1 Å². The van der Waals surface area contributed by atoms with Gasteiger partial charge in [0.25, 0.3) is 5.91 Å². The van der Waals surface area contributed by atoms with Crippen molar-refractivity contribution in [3.8, 4) is 11.1 Å². The number of amides is 1. The second-order valence-electron chi connectivity index (χ2n) is 6.11. The number of hydrazone groups is 1. The molecule has 142 valence electrons. The first-order chi connectivity index (χ1) is 12.9. The van der Waals surface area contributed by atoms with E-state index in [0.29, 0.717) is 11.4 Å². The molecule has 2 aromatic rings.